The molecule has 0 unspecified atom stereocenters. The molecular formula is C10H19N. The van der Waals surface area contributed by atoms with E-state index in [1.165, 1.54) is 31.4 Å². The van der Waals surface area contributed by atoms with Gasteiger partial charge in [-0.15, -0.1) is 0 Å². The zero-order chi connectivity index (χ0) is 8.32. The van der Waals surface area contributed by atoms with Crippen LogP contribution >= 0.6 is 0 Å². The van der Waals surface area contributed by atoms with Gasteiger partial charge in [0.2, 0.25) is 0 Å². The highest BCUT2D eigenvalue weighted by Crippen LogP contribution is 2.17. The molecule has 0 aromatic rings. The summed E-state index contributed by atoms with van der Waals surface area (Å²) in [6.45, 7) is 6.63. The molecule has 0 radical (unpaired) electrons. The van der Waals surface area contributed by atoms with Crippen LogP contribution in [0.4, 0.5) is 0 Å². The molecule has 0 bridgehead atoms. The van der Waals surface area contributed by atoms with Gasteiger partial charge in [0.1, 0.15) is 0 Å². The molecule has 0 amide bonds. The number of hydrogen-bond donors (Lipinski definition) is 1. The van der Waals surface area contributed by atoms with Crippen molar-refractivity contribution in [3.05, 3.63) is 11.8 Å². The van der Waals surface area contributed by atoms with Crippen LogP contribution in [0.2, 0.25) is 0 Å². The SMILES string of the molecule is CC(C)(C)NC1=CCCCC1. The van der Waals surface area contributed by atoms with E-state index in [0.29, 0.717) is 0 Å². The number of allylic oxidation sites excluding steroid dienone is 2. The van der Waals surface area contributed by atoms with Crippen molar-refractivity contribution in [2.75, 3.05) is 0 Å². The van der Waals surface area contributed by atoms with E-state index < -0.39 is 0 Å². The largest absolute Gasteiger partial charge is 0.384 e. The normalized spacial score (nSPS) is 19.4. The van der Waals surface area contributed by atoms with Crippen molar-refractivity contribution in [1.82, 2.24) is 5.32 Å². The molecule has 0 saturated carbocycles. The molecule has 1 rings (SSSR count). The molecule has 1 heteroatoms. The van der Waals surface area contributed by atoms with E-state index in [1.54, 1.807) is 0 Å². The van der Waals surface area contributed by atoms with Gasteiger partial charge in [0, 0.05) is 11.2 Å². The van der Waals surface area contributed by atoms with Crippen LogP contribution in [0.15, 0.2) is 11.8 Å². The van der Waals surface area contributed by atoms with E-state index >= 15 is 0 Å². The van der Waals surface area contributed by atoms with E-state index in [4.69, 9.17) is 0 Å². The highest BCUT2D eigenvalue weighted by Gasteiger charge is 2.11. The first-order valence-corrected chi connectivity index (χ1v) is 4.55. The second-order valence-corrected chi connectivity index (χ2v) is 4.35. The topological polar surface area (TPSA) is 12.0 Å². The minimum atomic E-state index is 0.239. The Morgan fingerprint density at radius 3 is 2.45 bits per heavy atom. The van der Waals surface area contributed by atoms with Crippen molar-refractivity contribution in [1.29, 1.82) is 0 Å². The summed E-state index contributed by atoms with van der Waals surface area (Å²) in [4.78, 5) is 0. The summed E-state index contributed by atoms with van der Waals surface area (Å²) in [5.41, 5.74) is 1.69. The van der Waals surface area contributed by atoms with E-state index in [0.717, 1.165) is 0 Å². The molecular weight excluding hydrogens is 134 g/mol. The predicted octanol–water partition coefficient (Wildman–Crippen LogP) is 2.83. The molecule has 11 heavy (non-hydrogen) atoms. The standard InChI is InChI=1S/C10H19N/c1-10(2,3)11-9-7-5-4-6-8-9/h7,11H,4-6,8H2,1-3H3. The molecule has 0 fully saturated rings. The zero-order valence-electron chi connectivity index (χ0n) is 7.91. The molecule has 64 valence electrons. The van der Waals surface area contributed by atoms with Gasteiger partial charge in [-0.05, 0) is 46.5 Å². The molecule has 0 spiro atoms. The van der Waals surface area contributed by atoms with Gasteiger partial charge in [-0.25, -0.2) is 0 Å². The average Bonchev–Trinajstić information content (AvgIpc) is 1.85. The highest BCUT2D eigenvalue weighted by molar-refractivity contribution is 5.05. The fourth-order valence-electron chi connectivity index (χ4n) is 1.43. The summed E-state index contributed by atoms with van der Waals surface area (Å²) < 4.78 is 0. The van der Waals surface area contributed by atoms with Gasteiger partial charge >= 0.3 is 0 Å². The summed E-state index contributed by atoms with van der Waals surface area (Å²) in [6.07, 6.45) is 7.58. The third kappa shape index (κ3) is 3.45. The van der Waals surface area contributed by atoms with E-state index in [2.05, 4.69) is 32.2 Å². The van der Waals surface area contributed by atoms with Crippen LogP contribution in [0.25, 0.3) is 0 Å². The molecule has 0 aromatic carbocycles. The minimum absolute atomic E-state index is 0.239. The molecule has 1 nitrogen and oxygen atoms in total. The van der Waals surface area contributed by atoms with Crippen LogP contribution in [0.1, 0.15) is 46.5 Å². The van der Waals surface area contributed by atoms with Crippen LogP contribution in [0.3, 0.4) is 0 Å². The van der Waals surface area contributed by atoms with Crippen molar-refractivity contribution >= 4 is 0 Å². The first-order chi connectivity index (χ1) is 5.08. The lowest BCUT2D eigenvalue weighted by atomic mass is 10.0. The van der Waals surface area contributed by atoms with E-state index in [-0.39, 0.29) is 5.54 Å². The van der Waals surface area contributed by atoms with Crippen molar-refractivity contribution < 1.29 is 0 Å². The van der Waals surface area contributed by atoms with Crippen LogP contribution in [-0.4, -0.2) is 5.54 Å². The Morgan fingerprint density at radius 2 is 2.00 bits per heavy atom. The van der Waals surface area contributed by atoms with Gasteiger partial charge in [-0.2, -0.15) is 0 Å². The first kappa shape index (κ1) is 8.63. The highest BCUT2D eigenvalue weighted by atomic mass is 15.0. The van der Waals surface area contributed by atoms with E-state index in [1.807, 2.05) is 0 Å². The minimum Gasteiger partial charge on any atom is -0.384 e. The lowest BCUT2D eigenvalue weighted by molar-refractivity contribution is 0.452. The Balaban J connectivity index is 2.42. The maximum Gasteiger partial charge on any atom is 0.0286 e. The molecule has 0 saturated heterocycles. The second-order valence-electron chi connectivity index (χ2n) is 4.35. The first-order valence-electron chi connectivity index (χ1n) is 4.55. The Hall–Kier alpha value is -0.460. The fraction of sp³-hybridized carbons (Fsp3) is 0.800. The Morgan fingerprint density at radius 1 is 1.27 bits per heavy atom. The third-order valence-electron chi connectivity index (χ3n) is 1.83. The molecule has 0 atom stereocenters. The number of rotatable bonds is 1. The average molecular weight is 153 g/mol. The lowest BCUT2D eigenvalue weighted by Gasteiger charge is -2.26. The summed E-state index contributed by atoms with van der Waals surface area (Å²) in [7, 11) is 0. The molecule has 1 N–H and O–H groups in total. The van der Waals surface area contributed by atoms with Crippen molar-refractivity contribution in [2.45, 2.75) is 52.0 Å². The second kappa shape index (κ2) is 3.29. The Labute approximate surface area is 69.9 Å². The number of hydrogen-bond acceptors (Lipinski definition) is 1. The lowest BCUT2D eigenvalue weighted by Crippen LogP contribution is -2.35. The van der Waals surface area contributed by atoms with Crippen molar-refractivity contribution in [3.63, 3.8) is 0 Å². The molecule has 0 aromatic heterocycles. The Bertz CT molecular complexity index is 151. The Kier molecular flexibility index (Phi) is 2.58. The van der Waals surface area contributed by atoms with Crippen molar-refractivity contribution in [2.24, 2.45) is 0 Å². The van der Waals surface area contributed by atoms with Gasteiger partial charge in [-0.3, -0.25) is 0 Å². The van der Waals surface area contributed by atoms with Crippen LogP contribution in [-0.2, 0) is 0 Å². The van der Waals surface area contributed by atoms with Crippen molar-refractivity contribution in [3.8, 4) is 0 Å². The fourth-order valence-corrected chi connectivity index (χ4v) is 1.43. The van der Waals surface area contributed by atoms with Gasteiger partial charge in [0.05, 0.1) is 0 Å². The zero-order valence-corrected chi connectivity index (χ0v) is 7.91. The summed E-state index contributed by atoms with van der Waals surface area (Å²) in [5.74, 6) is 0. The summed E-state index contributed by atoms with van der Waals surface area (Å²) in [5, 5.41) is 3.52. The number of nitrogens with one attached hydrogen (secondary N) is 1. The maximum absolute atomic E-state index is 3.52. The van der Waals surface area contributed by atoms with Gasteiger partial charge in [0.25, 0.3) is 0 Å². The maximum atomic E-state index is 3.52. The molecule has 1 aliphatic rings. The van der Waals surface area contributed by atoms with Crippen LogP contribution in [0, 0.1) is 0 Å². The van der Waals surface area contributed by atoms with Crippen LogP contribution < -0.4 is 5.32 Å². The van der Waals surface area contributed by atoms with E-state index in [9.17, 15) is 0 Å². The third-order valence-corrected chi connectivity index (χ3v) is 1.83. The molecule has 0 heterocycles. The van der Waals surface area contributed by atoms with Gasteiger partial charge < -0.3 is 5.32 Å². The molecule has 0 aliphatic heterocycles. The smallest absolute Gasteiger partial charge is 0.0286 e. The quantitative estimate of drug-likeness (QED) is 0.611. The molecule has 1 aliphatic carbocycles. The van der Waals surface area contributed by atoms with Crippen LogP contribution in [0.5, 0.6) is 0 Å². The van der Waals surface area contributed by atoms with Gasteiger partial charge in [0.15, 0.2) is 0 Å². The summed E-state index contributed by atoms with van der Waals surface area (Å²) >= 11 is 0. The predicted molar refractivity (Wildman–Crippen MR) is 49.4 cm³/mol. The summed E-state index contributed by atoms with van der Waals surface area (Å²) in [6, 6.07) is 0. The van der Waals surface area contributed by atoms with Gasteiger partial charge in [-0.1, -0.05) is 6.08 Å². The monoisotopic (exact) mass is 153 g/mol.